The van der Waals surface area contributed by atoms with Crippen LogP contribution in [0.1, 0.15) is 24.5 Å². The van der Waals surface area contributed by atoms with E-state index in [1.807, 2.05) is 31.3 Å². The van der Waals surface area contributed by atoms with Gasteiger partial charge in [-0.25, -0.2) is 0 Å². The quantitative estimate of drug-likeness (QED) is 0.695. The van der Waals surface area contributed by atoms with E-state index in [-0.39, 0.29) is 30.7 Å². The van der Waals surface area contributed by atoms with Crippen LogP contribution in [-0.2, 0) is 22.3 Å². The fourth-order valence-corrected chi connectivity index (χ4v) is 3.75. The molecule has 0 radical (unpaired) electrons. The van der Waals surface area contributed by atoms with Crippen LogP contribution in [0.4, 0.5) is 18.9 Å². The minimum absolute atomic E-state index is 0.0173. The average molecular weight is 464 g/mol. The summed E-state index contributed by atoms with van der Waals surface area (Å²) in [6.07, 6.45) is -3.70. The molecule has 3 rings (SSSR count). The molecule has 0 aromatic heterocycles. The summed E-state index contributed by atoms with van der Waals surface area (Å²) in [5.41, 5.74) is 0.749. The number of halogens is 3. The van der Waals surface area contributed by atoms with Crippen LogP contribution < -0.4 is 9.64 Å². The molecule has 1 heterocycles. The number of likely N-dealkylation sites (N-methyl/N-ethyl adjacent to an activating group) is 1. The van der Waals surface area contributed by atoms with Gasteiger partial charge in [-0.05, 0) is 49.8 Å². The molecule has 0 aliphatic carbocycles. The smallest absolute Gasteiger partial charge is 0.416 e. The van der Waals surface area contributed by atoms with Gasteiger partial charge in [0.15, 0.2) is 6.61 Å². The maximum Gasteiger partial charge on any atom is 0.416 e. The van der Waals surface area contributed by atoms with Crippen LogP contribution in [0.3, 0.4) is 0 Å². The Balaban J connectivity index is 1.79. The van der Waals surface area contributed by atoms with E-state index in [0.717, 1.165) is 36.3 Å². The van der Waals surface area contributed by atoms with Crippen molar-refractivity contribution in [2.45, 2.75) is 26.1 Å². The number of para-hydroxylation sites is 1. The Morgan fingerprint density at radius 1 is 1.00 bits per heavy atom. The Morgan fingerprint density at radius 3 is 2.48 bits per heavy atom. The molecule has 2 aromatic carbocycles. The molecule has 33 heavy (non-hydrogen) atoms. The topological polar surface area (TPSA) is 53.1 Å². The number of hydrogen-bond donors (Lipinski definition) is 0. The van der Waals surface area contributed by atoms with Crippen molar-refractivity contribution in [3.63, 3.8) is 0 Å². The lowest BCUT2D eigenvalue weighted by atomic mass is 10.1. The van der Waals surface area contributed by atoms with Crippen LogP contribution in [0, 0.1) is 0 Å². The number of fused-ring (bicyclic) bond motifs is 1. The minimum Gasteiger partial charge on any atom is -0.484 e. The lowest BCUT2D eigenvalue weighted by Gasteiger charge is -2.27. The first-order valence-corrected chi connectivity index (χ1v) is 10.8. The van der Waals surface area contributed by atoms with Crippen LogP contribution in [0.25, 0.3) is 0 Å². The van der Waals surface area contributed by atoms with Gasteiger partial charge < -0.3 is 19.4 Å². The van der Waals surface area contributed by atoms with Gasteiger partial charge >= 0.3 is 6.18 Å². The third kappa shape index (κ3) is 6.71. The van der Waals surface area contributed by atoms with Gasteiger partial charge in [0.25, 0.3) is 5.91 Å². The molecule has 1 aliphatic heterocycles. The number of carbonyl (C=O) groups excluding carboxylic acids is 2. The summed E-state index contributed by atoms with van der Waals surface area (Å²) in [5.74, 6) is -0.435. The molecule has 1 aliphatic rings. The van der Waals surface area contributed by atoms with E-state index in [0.29, 0.717) is 19.6 Å². The van der Waals surface area contributed by atoms with E-state index in [4.69, 9.17) is 4.74 Å². The maximum atomic E-state index is 13.0. The first kappa shape index (κ1) is 24.6. The summed E-state index contributed by atoms with van der Waals surface area (Å²) in [4.78, 5) is 30.7. The van der Waals surface area contributed by atoms with Gasteiger partial charge in [0, 0.05) is 38.8 Å². The Labute approximate surface area is 191 Å². The predicted octanol–water partition coefficient (Wildman–Crippen LogP) is 3.80. The predicted molar refractivity (Wildman–Crippen MR) is 119 cm³/mol. The van der Waals surface area contributed by atoms with E-state index in [1.165, 1.54) is 19.1 Å². The molecule has 0 fully saturated rings. The highest BCUT2D eigenvalue weighted by Gasteiger charge is 2.30. The summed E-state index contributed by atoms with van der Waals surface area (Å²) >= 11 is 0. The highest BCUT2D eigenvalue weighted by atomic mass is 19.4. The van der Waals surface area contributed by atoms with Gasteiger partial charge in [-0.2, -0.15) is 13.2 Å². The molecule has 0 bridgehead atoms. The lowest BCUT2D eigenvalue weighted by molar-refractivity contribution is -0.137. The molecule has 2 amide bonds. The SMILES string of the molecule is CC(=O)N1CCCN(C)CCN(C(=O)COc2cccc(C(F)(F)F)c2)Cc2ccccc21. The third-order valence-electron chi connectivity index (χ3n) is 5.57. The van der Waals surface area contributed by atoms with Crippen LogP contribution >= 0.6 is 0 Å². The van der Waals surface area contributed by atoms with Crippen LogP contribution in [-0.4, -0.2) is 61.4 Å². The zero-order valence-corrected chi connectivity index (χ0v) is 18.8. The van der Waals surface area contributed by atoms with Crippen molar-refractivity contribution in [3.8, 4) is 5.75 Å². The Hall–Kier alpha value is -3.07. The number of rotatable bonds is 3. The number of nitrogens with zero attached hydrogens (tertiary/aromatic N) is 3. The molecule has 0 saturated heterocycles. The fourth-order valence-electron chi connectivity index (χ4n) is 3.75. The monoisotopic (exact) mass is 463 g/mol. The fraction of sp³-hybridized carbons (Fsp3) is 0.417. The number of hydrogen-bond acceptors (Lipinski definition) is 4. The van der Waals surface area contributed by atoms with Gasteiger partial charge in [0.05, 0.1) is 5.56 Å². The number of benzene rings is 2. The Kier molecular flexibility index (Phi) is 7.97. The largest absolute Gasteiger partial charge is 0.484 e. The van der Waals surface area contributed by atoms with Gasteiger partial charge in [0.1, 0.15) is 5.75 Å². The van der Waals surface area contributed by atoms with Gasteiger partial charge in [-0.3, -0.25) is 9.59 Å². The maximum absolute atomic E-state index is 13.0. The summed E-state index contributed by atoms with van der Waals surface area (Å²) in [5, 5.41) is 0. The zero-order valence-electron chi connectivity index (χ0n) is 18.8. The molecule has 0 spiro atoms. The summed E-state index contributed by atoms with van der Waals surface area (Å²) in [6, 6.07) is 11.9. The number of alkyl halides is 3. The van der Waals surface area contributed by atoms with Crippen molar-refractivity contribution >= 4 is 17.5 Å². The number of carbonyl (C=O) groups is 2. The molecular formula is C24H28F3N3O3. The first-order chi connectivity index (χ1) is 15.6. The molecule has 9 heteroatoms. The van der Waals surface area contributed by atoms with Crippen molar-refractivity contribution in [1.82, 2.24) is 9.80 Å². The Morgan fingerprint density at radius 2 is 1.76 bits per heavy atom. The van der Waals surface area contributed by atoms with Crippen LogP contribution in [0.2, 0.25) is 0 Å². The average Bonchev–Trinajstić information content (AvgIpc) is 2.80. The highest BCUT2D eigenvalue weighted by molar-refractivity contribution is 5.92. The lowest BCUT2D eigenvalue weighted by Crippen LogP contribution is -2.39. The number of amides is 2. The van der Waals surface area contributed by atoms with E-state index < -0.39 is 11.7 Å². The van der Waals surface area contributed by atoms with Crippen LogP contribution in [0.5, 0.6) is 5.75 Å². The van der Waals surface area contributed by atoms with Crippen molar-refractivity contribution in [1.29, 1.82) is 0 Å². The number of anilines is 1. The second-order valence-corrected chi connectivity index (χ2v) is 8.09. The summed E-state index contributed by atoms with van der Waals surface area (Å²) < 4.78 is 44.3. The standard InChI is InChI=1S/C24H28F3N3O3/c1-18(31)30-12-6-11-28(2)13-14-29(16-19-7-3-4-10-22(19)30)23(32)17-33-21-9-5-8-20(15-21)24(25,26)27/h3-5,7-10,15H,6,11-14,16-17H2,1-2H3. The minimum atomic E-state index is -4.49. The molecule has 6 nitrogen and oxygen atoms in total. The van der Waals surface area contributed by atoms with Crippen molar-refractivity contribution in [3.05, 3.63) is 59.7 Å². The molecular weight excluding hydrogens is 435 g/mol. The molecule has 0 atom stereocenters. The Bertz CT molecular complexity index is 981. The molecule has 0 unspecified atom stereocenters. The second-order valence-electron chi connectivity index (χ2n) is 8.09. The number of ether oxygens (including phenoxy) is 1. The second kappa shape index (κ2) is 10.7. The normalized spacial score (nSPS) is 16.0. The molecule has 2 aromatic rings. The van der Waals surface area contributed by atoms with Gasteiger partial charge in [-0.15, -0.1) is 0 Å². The molecule has 0 saturated carbocycles. The first-order valence-electron chi connectivity index (χ1n) is 10.8. The van der Waals surface area contributed by atoms with E-state index in [1.54, 1.807) is 9.80 Å². The van der Waals surface area contributed by atoms with Crippen molar-refractivity contribution < 1.29 is 27.5 Å². The van der Waals surface area contributed by atoms with Crippen molar-refractivity contribution in [2.75, 3.05) is 44.7 Å². The van der Waals surface area contributed by atoms with Gasteiger partial charge in [0.2, 0.25) is 5.91 Å². The van der Waals surface area contributed by atoms with E-state index >= 15 is 0 Å². The molecule has 0 N–H and O–H groups in total. The summed E-state index contributed by atoms with van der Waals surface area (Å²) in [7, 11) is 1.95. The van der Waals surface area contributed by atoms with E-state index in [9.17, 15) is 22.8 Å². The third-order valence-corrected chi connectivity index (χ3v) is 5.57. The van der Waals surface area contributed by atoms with Gasteiger partial charge in [-0.1, -0.05) is 24.3 Å². The van der Waals surface area contributed by atoms with E-state index in [2.05, 4.69) is 4.90 Å². The summed E-state index contributed by atoms with van der Waals surface area (Å²) in [6.45, 7) is 3.78. The van der Waals surface area contributed by atoms with Crippen molar-refractivity contribution in [2.24, 2.45) is 0 Å². The van der Waals surface area contributed by atoms with Crippen LogP contribution in [0.15, 0.2) is 48.5 Å². The highest BCUT2D eigenvalue weighted by Crippen LogP contribution is 2.31. The zero-order chi connectivity index (χ0) is 24.0. The molecule has 178 valence electrons.